The van der Waals surface area contributed by atoms with Gasteiger partial charge in [0.25, 0.3) is 0 Å². The molecule has 0 saturated heterocycles. The van der Waals surface area contributed by atoms with Gasteiger partial charge >= 0.3 is 16.8 Å². The van der Waals surface area contributed by atoms with Crippen molar-refractivity contribution in [3.63, 3.8) is 0 Å². The van der Waals surface area contributed by atoms with Crippen LogP contribution in [0.1, 0.15) is 0 Å². The normalized spacial score (nSPS) is 8.51. The van der Waals surface area contributed by atoms with E-state index < -0.39 is 25.2 Å². The fourth-order valence-electron chi connectivity index (χ4n) is 1.89. The standard InChI is InChI=1S/2C8H6Cl2O3.2C3H4N2.Co.2H2O/c2*9-5-1-2-7(6(10)3-5)13-4-8(11)12;2*1-2-5-3-4-1;;;/h2*1-3H,4H2,(H,11,12);2*1-3H,(H,4,5);;2*1H2/q;;;;+2;;. The van der Waals surface area contributed by atoms with E-state index in [-0.39, 0.29) is 49.3 Å². The number of H-pyrrole nitrogens is 2. The quantitative estimate of drug-likeness (QED) is 0.283. The summed E-state index contributed by atoms with van der Waals surface area (Å²) in [5, 5.41) is 21.6. The van der Waals surface area contributed by atoms with Crippen molar-refractivity contribution >= 4 is 58.3 Å². The number of aromatic amines is 2. The van der Waals surface area contributed by atoms with Crippen molar-refractivity contribution in [2.75, 3.05) is 13.2 Å². The molecule has 0 saturated carbocycles. The van der Waals surface area contributed by atoms with E-state index in [9.17, 15) is 19.8 Å². The van der Waals surface area contributed by atoms with Gasteiger partial charge in [0.05, 0.1) is 34.6 Å². The summed E-state index contributed by atoms with van der Waals surface area (Å²) < 4.78 is 9.60. The van der Waals surface area contributed by atoms with Crippen LogP contribution in [0.15, 0.2) is 73.8 Å². The second kappa shape index (κ2) is 24.1. The van der Waals surface area contributed by atoms with Crippen LogP contribution >= 0.6 is 46.4 Å². The van der Waals surface area contributed by atoms with Crippen molar-refractivity contribution in [3.8, 4) is 11.5 Å². The molecule has 0 aliphatic carbocycles. The van der Waals surface area contributed by atoms with E-state index in [4.69, 9.17) is 55.9 Å². The van der Waals surface area contributed by atoms with Gasteiger partial charge in [0.15, 0.2) is 0 Å². The molecule has 2 aromatic carbocycles. The topological polar surface area (TPSA) is 222 Å². The molecule has 0 unspecified atom stereocenters. The molecule has 0 aliphatic rings. The average Bonchev–Trinajstić information content (AvgIpc) is 3.57. The van der Waals surface area contributed by atoms with Gasteiger partial charge in [-0.3, -0.25) is 0 Å². The van der Waals surface area contributed by atoms with E-state index in [1.807, 2.05) is 0 Å². The number of aliphatic carboxylic acids is 2. The molecule has 0 bridgehead atoms. The van der Waals surface area contributed by atoms with Gasteiger partial charge in [0.2, 0.25) is 0 Å². The Bertz CT molecular complexity index is 1050. The molecule has 0 aliphatic heterocycles. The summed E-state index contributed by atoms with van der Waals surface area (Å²) in [5.74, 6) is -2.05. The summed E-state index contributed by atoms with van der Waals surface area (Å²) in [6, 6.07) is 9.03. The number of nitrogens with zero attached hydrogens (tertiary/aromatic N) is 2. The maximum absolute atomic E-state index is 10.0. The Kier molecular flexibility index (Phi) is 25.0. The second-order valence-electron chi connectivity index (χ2n) is 5.99. The van der Waals surface area contributed by atoms with Crippen LogP contribution in [0.5, 0.6) is 11.5 Å². The number of hydrogen-bond donors (Lipinski definition) is 2. The van der Waals surface area contributed by atoms with Gasteiger partial charge in [-0.05, 0) is 36.4 Å². The zero-order valence-electron chi connectivity index (χ0n) is 19.7. The summed E-state index contributed by atoms with van der Waals surface area (Å²) >= 11 is 22.6. The first-order valence-corrected chi connectivity index (χ1v) is 11.1. The largest absolute Gasteiger partial charge is 2.00 e. The van der Waals surface area contributed by atoms with Crippen molar-refractivity contribution < 1.29 is 57.0 Å². The number of carbonyl (C=O) groups excluding carboxylic acids is 2. The molecule has 12 nitrogen and oxygen atoms in total. The number of carbonyl (C=O) groups is 2. The van der Waals surface area contributed by atoms with Crippen molar-refractivity contribution in [1.29, 1.82) is 0 Å². The minimum absolute atomic E-state index is 0. The number of carboxylic acids is 2. The summed E-state index contributed by atoms with van der Waals surface area (Å²) in [7, 11) is 0. The zero-order chi connectivity index (χ0) is 26.8. The fourth-order valence-corrected chi connectivity index (χ4v) is 2.81. The van der Waals surface area contributed by atoms with Crippen molar-refractivity contribution in [2.24, 2.45) is 0 Å². The molecule has 4 aromatic rings. The summed E-state index contributed by atoms with van der Waals surface area (Å²) in [4.78, 5) is 32.9. The molecular formula is C22H24Cl4CoN4O8+2. The van der Waals surface area contributed by atoms with Crippen molar-refractivity contribution in [3.05, 3.63) is 93.9 Å². The number of nitrogens with one attached hydrogen (secondary N) is 2. The number of benzene rings is 2. The van der Waals surface area contributed by atoms with Crippen LogP contribution in [0.4, 0.5) is 0 Å². The minimum Gasteiger partial charge on any atom is -0.546 e. The van der Waals surface area contributed by atoms with Crippen LogP contribution in [0.3, 0.4) is 0 Å². The molecule has 8 N–H and O–H groups in total. The van der Waals surface area contributed by atoms with E-state index in [0.717, 1.165) is 0 Å². The van der Waals surface area contributed by atoms with Gasteiger partial charge in [0.1, 0.15) is 24.7 Å². The Morgan fingerprint density at radius 3 is 1.28 bits per heavy atom. The third-order valence-electron chi connectivity index (χ3n) is 3.29. The molecule has 0 amide bonds. The van der Waals surface area contributed by atoms with Crippen LogP contribution in [-0.2, 0) is 37.3 Å². The molecule has 215 valence electrons. The Morgan fingerprint density at radius 2 is 1.08 bits per heavy atom. The second-order valence-corrected chi connectivity index (χ2v) is 7.68. The summed E-state index contributed by atoms with van der Waals surface area (Å²) in [5.41, 5.74) is 0. The Labute approximate surface area is 253 Å². The summed E-state index contributed by atoms with van der Waals surface area (Å²) in [6.45, 7) is -1.05. The number of imidazole rings is 2. The van der Waals surface area contributed by atoms with Gasteiger partial charge in [0, 0.05) is 34.8 Å². The van der Waals surface area contributed by atoms with Gasteiger partial charge < -0.3 is 50.2 Å². The first-order valence-electron chi connectivity index (χ1n) is 9.60. The van der Waals surface area contributed by atoms with Gasteiger partial charge in [-0.1, -0.05) is 46.4 Å². The predicted molar refractivity (Wildman–Crippen MR) is 141 cm³/mol. The first kappa shape index (κ1) is 40.5. The van der Waals surface area contributed by atoms with E-state index in [1.54, 1.807) is 49.6 Å². The van der Waals surface area contributed by atoms with Crippen molar-refractivity contribution in [2.45, 2.75) is 0 Å². The first-order chi connectivity index (χ1) is 17.2. The fraction of sp³-hybridized carbons (Fsp3) is 0.0909. The Morgan fingerprint density at radius 1 is 0.718 bits per heavy atom. The van der Waals surface area contributed by atoms with E-state index >= 15 is 0 Å². The van der Waals surface area contributed by atoms with Crippen LogP contribution < -0.4 is 19.7 Å². The van der Waals surface area contributed by atoms with E-state index in [2.05, 4.69) is 19.9 Å². The monoisotopic (exact) mass is 671 g/mol. The summed E-state index contributed by atoms with van der Waals surface area (Å²) in [6.07, 6.45) is 10.2. The molecule has 1 radical (unpaired) electrons. The minimum atomic E-state index is -1.30. The maximum Gasteiger partial charge on any atom is 2.00 e. The molecule has 17 heteroatoms. The Hall–Kier alpha value is -3.01. The predicted octanol–water partition coefficient (Wildman–Crippen LogP) is 1.22. The zero-order valence-corrected chi connectivity index (χ0v) is 23.8. The van der Waals surface area contributed by atoms with Crippen LogP contribution in [0.2, 0.25) is 20.1 Å². The number of halogens is 4. The molecule has 0 spiro atoms. The molecule has 0 atom stereocenters. The number of rotatable bonds is 6. The van der Waals surface area contributed by atoms with Crippen LogP contribution in [0, 0.1) is 0 Å². The van der Waals surface area contributed by atoms with Gasteiger partial charge in [-0.25, -0.2) is 9.97 Å². The van der Waals surface area contributed by atoms with E-state index in [0.29, 0.717) is 10.0 Å². The molecule has 0 fully saturated rings. The van der Waals surface area contributed by atoms with Crippen LogP contribution in [0.25, 0.3) is 0 Å². The molecule has 2 heterocycles. The van der Waals surface area contributed by atoms with Gasteiger partial charge in [-0.15, -0.1) is 0 Å². The maximum atomic E-state index is 10.0. The molecular weight excluding hydrogens is 649 g/mol. The molecule has 4 rings (SSSR count). The van der Waals surface area contributed by atoms with Crippen LogP contribution in [-0.4, -0.2) is 45.1 Å². The molecule has 39 heavy (non-hydrogen) atoms. The third-order valence-corrected chi connectivity index (χ3v) is 4.35. The van der Waals surface area contributed by atoms with Crippen molar-refractivity contribution in [1.82, 2.24) is 19.9 Å². The third kappa shape index (κ3) is 20.6. The number of ether oxygens (including phenoxy) is 2. The number of carboxylic acid groups (broad SMARTS) is 2. The number of hydrogen-bond acceptors (Lipinski definition) is 8. The smallest absolute Gasteiger partial charge is 0.546 e. The van der Waals surface area contributed by atoms with E-state index in [1.165, 1.54) is 24.3 Å². The SMILES string of the molecule is O=C([O-])COc1ccc(Cl)cc1Cl.O=C([O-])COc1ccc(Cl)cc1Cl.[Co+2].[OH3+].[OH3+].c1c[nH]cn1.c1c[nH]cn1. The number of aromatic nitrogens is 4. The average molecular weight is 673 g/mol. The molecule has 2 aromatic heterocycles. The van der Waals surface area contributed by atoms with Gasteiger partial charge in [-0.2, -0.15) is 0 Å². The Balaban J connectivity index is -0.000000466.